The van der Waals surface area contributed by atoms with Gasteiger partial charge >= 0.3 is 0 Å². The molecule has 0 aliphatic rings. The van der Waals surface area contributed by atoms with Crippen LogP contribution < -0.4 is 0 Å². The first-order valence-electron chi connectivity index (χ1n) is 3.65. The third-order valence-corrected chi connectivity index (χ3v) is 3.94. The number of nitrogens with zero attached hydrogens (tertiary/aromatic N) is 1. The molecule has 0 amide bonds. The van der Waals surface area contributed by atoms with E-state index in [1.54, 1.807) is 0 Å². The Hall–Kier alpha value is 1.76. The maximum Gasteiger partial charge on any atom is 0.234 e. The molecule has 1 aromatic rings. The van der Waals surface area contributed by atoms with E-state index in [0.717, 1.165) is 0 Å². The lowest BCUT2D eigenvalue weighted by Crippen LogP contribution is -2.13. The minimum absolute atomic E-state index is 0.106. The van der Waals surface area contributed by atoms with Gasteiger partial charge in [0.25, 0.3) is 0 Å². The van der Waals surface area contributed by atoms with E-state index in [2.05, 4.69) is 4.98 Å². The first kappa shape index (κ1) is 16.8. The fraction of sp³-hybridized carbons (Fsp3) is 0.286. The number of halogens is 9. The van der Waals surface area contributed by atoms with Gasteiger partial charge in [-0.3, -0.25) is 0 Å². The summed E-state index contributed by atoms with van der Waals surface area (Å²) in [5.41, 5.74) is -0.334. The number of alkyl halides is 6. The maximum atomic E-state index is 5.84. The predicted molar refractivity (Wildman–Crippen MR) is 77.7 cm³/mol. The molecule has 0 N–H and O–H groups in total. The van der Waals surface area contributed by atoms with Crippen molar-refractivity contribution in [3.8, 4) is 0 Å². The van der Waals surface area contributed by atoms with Crippen molar-refractivity contribution in [3.63, 3.8) is 0 Å². The monoisotopic (exact) mass is 413 g/mol. The van der Waals surface area contributed by atoms with E-state index in [0.29, 0.717) is 0 Å². The molecular formula is C7Cl9N. The lowest BCUT2D eigenvalue weighted by atomic mass is 10.3. The topological polar surface area (TPSA) is 12.9 Å². The Morgan fingerprint density at radius 1 is 0.588 bits per heavy atom. The molecule has 10 heteroatoms. The third kappa shape index (κ3) is 3.87. The van der Waals surface area contributed by atoms with Gasteiger partial charge in [0.15, 0.2) is 0 Å². The summed E-state index contributed by atoms with van der Waals surface area (Å²) >= 11 is 51.5. The van der Waals surface area contributed by atoms with Crippen LogP contribution in [0.1, 0.15) is 11.4 Å². The number of hydrogen-bond donors (Lipinski definition) is 0. The number of pyridine rings is 1. The van der Waals surface area contributed by atoms with Crippen molar-refractivity contribution in [2.75, 3.05) is 0 Å². The second-order valence-corrected chi connectivity index (χ2v) is 8.44. The average molecular weight is 417 g/mol. The summed E-state index contributed by atoms with van der Waals surface area (Å²) in [7, 11) is 0. The van der Waals surface area contributed by atoms with E-state index in [1.807, 2.05) is 0 Å². The first-order chi connectivity index (χ1) is 7.46. The maximum absolute atomic E-state index is 5.84. The summed E-state index contributed by atoms with van der Waals surface area (Å²) in [5, 5.41) is -0.338. The van der Waals surface area contributed by atoms with E-state index < -0.39 is 7.59 Å². The number of hydrogen-bond acceptors (Lipinski definition) is 1. The first-order valence-corrected chi connectivity index (χ1v) is 7.05. The Balaban J connectivity index is 3.63. The molecule has 0 bridgehead atoms. The smallest absolute Gasteiger partial charge is 0.234 e. The van der Waals surface area contributed by atoms with Crippen LogP contribution in [0.25, 0.3) is 0 Å². The second kappa shape index (κ2) is 5.63. The van der Waals surface area contributed by atoms with E-state index in [-0.39, 0.29) is 26.5 Å². The molecule has 0 saturated carbocycles. The van der Waals surface area contributed by atoms with Crippen LogP contribution in [-0.4, -0.2) is 4.98 Å². The van der Waals surface area contributed by atoms with E-state index in [1.165, 1.54) is 0 Å². The summed E-state index contributed by atoms with van der Waals surface area (Å²) in [4.78, 5) is 3.84. The van der Waals surface area contributed by atoms with Crippen LogP contribution in [0.5, 0.6) is 0 Å². The van der Waals surface area contributed by atoms with Gasteiger partial charge in [-0.25, -0.2) is 4.98 Å². The molecule has 0 saturated heterocycles. The van der Waals surface area contributed by atoms with Crippen molar-refractivity contribution in [1.82, 2.24) is 4.98 Å². The highest BCUT2D eigenvalue weighted by molar-refractivity contribution is 6.68. The predicted octanol–water partition coefficient (Wildman–Crippen LogP) is 6.70. The highest BCUT2D eigenvalue weighted by atomic mass is 35.6. The molecule has 0 aliphatic heterocycles. The Bertz CT molecular complexity index is 406. The number of aromatic nitrogens is 1. The average Bonchev–Trinajstić information content (AvgIpc) is 2.10. The second-order valence-electron chi connectivity index (χ2n) is 2.75. The summed E-state index contributed by atoms with van der Waals surface area (Å²) in [6.45, 7) is 0. The molecule has 0 atom stereocenters. The zero-order chi connectivity index (χ0) is 13.6. The number of rotatable bonds is 0. The molecule has 0 spiro atoms. The minimum Gasteiger partial charge on any atom is -0.246 e. The lowest BCUT2D eigenvalue weighted by molar-refractivity contribution is 0.996. The van der Waals surface area contributed by atoms with Crippen LogP contribution in [-0.2, 0) is 7.59 Å². The van der Waals surface area contributed by atoms with Gasteiger partial charge in [-0.1, -0.05) is 104 Å². The summed E-state index contributed by atoms with van der Waals surface area (Å²) in [6.07, 6.45) is 0. The van der Waals surface area contributed by atoms with E-state index in [9.17, 15) is 0 Å². The molecular weight excluding hydrogens is 417 g/mol. The van der Waals surface area contributed by atoms with Gasteiger partial charge in [-0.15, -0.1) is 0 Å². The van der Waals surface area contributed by atoms with Crippen LogP contribution >= 0.6 is 104 Å². The Kier molecular flexibility index (Phi) is 5.57. The standard InChI is InChI=1S/C7Cl9N/c8-1-2(9)4(6(11,12)13)17-5(3(1)10)7(14,15)16. The zero-order valence-corrected chi connectivity index (χ0v) is 14.2. The van der Waals surface area contributed by atoms with Crippen molar-refractivity contribution in [3.05, 3.63) is 26.5 Å². The molecule has 17 heavy (non-hydrogen) atoms. The van der Waals surface area contributed by atoms with Gasteiger partial charge in [0.2, 0.25) is 7.59 Å². The third-order valence-electron chi connectivity index (χ3n) is 1.56. The van der Waals surface area contributed by atoms with Crippen molar-refractivity contribution in [2.45, 2.75) is 7.59 Å². The fourth-order valence-corrected chi connectivity index (χ4v) is 2.78. The summed E-state index contributed by atoms with van der Waals surface area (Å²) < 4.78 is -3.84. The molecule has 1 aromatic heterocycles. The summed E-state index contributed by atoms with van der Waals surface area (Å²) in [6, 6.07) is 0. The fourth-order valence-electron chi connectivity index (χ4n) is 0.890. The van der Waals surface area contributed by atoms with Gasteiger partial charge in [0.1, 0.15) is 11.4 Å². The van der Waals surface area contributed by atoms with Gasteiger partial charge < -0.3 is 0 Å². The van der Waals surface area contributed by atoms with Crippen LogP contribution in [0, 0.1) is 0 Å². The van der Waals surface area contributed by atoms with Gasteiger partial charge in [-0.2, -0.15) is 0 Å². The summed E-state index contributed by atoms with van der Waals surface area (Å²) in [5.74, 6) is 0. The molecule has 0 aliphatic carbocycles. The highest BCUT2D eigenvalue weighted by Gasteiger charge is 2.36. The highest BCUT2D eigenvalue weighted by Crippen LogP contribution is 2.49. The molecule has 0 unspecified atom stereocenters. The van der Waals surface area contributed by atoms with Crippen LogP contribution in [0.3, 0.4) is 0 Å². The Labute approximate surface area is 142 Å². The SMILES string of the molecule is Clc1c(C(Cl)(Cl)Cl)nc(C(Cl)(Cl)Cl)c(Cl)c1Cl. The largest absolute Gasteiger partial charge is 0.246 e. The molecule has 96 valence electrons. The van der Waals surface area contributed by atoms with Crippen LogP contribution in [0.2, 0.25) is 15.1 Å². The molecule has 0 radical (unpaired) electrons. The molecule has 0 fully saturated rings. The zero-order valence-electron chi connectivity index (χ0n) is 7.35. The Morgan fingerprint density at radius 2 is 0.882 bits per heavy atom. The molecule has 1 rings (SSSR count). The van der Waals surface area contributed by atoms with Gasteiger partial charge in [-0.05, 0) is 0 Å². The van der Waals surface area contributed by atoms with Crippen molar-refractivity contribution < 1.29 is 0 Å². The van der Waals surface area contributed by atoms with Crippen molar-refractivity contribution >= 4 is 104 Å². The molecule has 1 nitrogen and oxygen atoms in total. The molecule has 0 aromatic carbocycles. The van der Waals surface area contributed by atoms with Crippen molar-refractivity contribution in [2.24, 2.45) is 0 Å². The normalized spacial score (nSPS) is 13.0. The van der Waals surface area contributed by atoms with Gasteiger partial charge in [0, 0.05) is 0 Å². The quantitative estimate of drug-likeness (QED) is 0.429. The van der Waals surface area contributed by atoms with Gasteiger partial charge in [0.05, 0.1) is 15.1 Å². The minimum atomic E-state index is -1.92. The Morgan fingerprint density at radius 3 is 1.12 bits per heavy atom. The van der Waals surface area contributed by atoms with E-state index in [4.69, 9.17) is 104 Å². The molecule has 1 heterocycles. The van der Waals surface area contributed by atoms with Crippen molar-refractivity contribution in [1.29, 1.82) is 0 Å². The van der Waals surface area contributed by atoms with E-state index >= 15 is 0 Å². The lowest BCUT2D eigenvalue weighted by Gasteiger charge is -2.19. The van der Waals surface area contributed by atoms with Crippen LogP contribution in [0.15, 0.2) is 0 Å². The van der Waals surface area contributed by atoms with Crippen LogP contribution in [0.4, 0.5) is 0 Å².